The SMILES string of the molecule is C[C@@H]1O[C@@H](O[C@@H]2[C@@H](O)[C@H](O)O[C@H](CO[C@@H]3OC[C@](O)(CO)[C@H]3O)[C@H]2OC(=O)/C=C/c2ccc(O)c(O)c2)[C@H](O)[C@H](O)[C@H]1O. The molecule has 1 aromatic carbocycles. The van der Waals surface area contributed by atoms with Crippen LogP contribution in [0.4, 0.5) is 0 Å². The van der Waals surface area contributed by atoms with Gasteiger partial charge in [0, 0.05) is 6.08 Å². The van der Waals surface area contributed by atoms with Crippen molar-refractivity contribution < 1.29 is 84.3 Å². The van der Waals surface area contributed by atoms with Crippen LogP contribution in [0.1, 0.15) is 12.5 Å². The van der Waals surface area contributed by atoms with Crippen LogP contribution in [0.5, 0.6) is 11.5 Å². The van der Waals surface area contributed by atoms with E-state index >= 15 is 0 Å². The van der Waals surface area contributed by atoms with Gasteiger partial charge in [-0.25, -0.2) is 4.79 Å². The Labute approximate surface area is 244 Å². The Morgan fingerprint density at radius 2 is 1.70 bits per heavy atom. The lowest BCUT2D eigenvalue weighted by Crippen LogP contribution is -2.64. The monoisotopic (exact) mass is 620 g/mol. The number of hydrogen-bond acceptors (Lipinski definition) is 17. The van der Waals surface area contributed by atoms with Crippen LogP contribution in [0, 0.1) is 0 Å². The smallest absolute Gasteiger partial charge is 0.331 e. The fourth-order valence-corrected chi connectivity index (χ4v) is 4.73. The predicted molar refractivity (Wildman–Crippen MR) is 137 cm³/mol. The maximum Gasteiger partial charge on any atom is 0.331 e. The number of phenols is 2. The highest BCUT2D eigenvalue weighted by Crippen LogP contribution is 2.32. The van der Waals surface area contributed by atoms with Crippen molar-refractivity contribution in [1.29, 1.82) is 0 Å². The molecule has 0 bridgehead atoms. The van der Waals surface area contributed by atoms with Gasteiger partial charge in [-0.2, -0.15) is 0 Å². The molecule has 0 spiro atoms. The van der Waals surface area contributed by atoms with Crippen LogP contribution in [0.25, 0.3) is 6.08 Å². The molecule has 0 aromatic heterocycles. The van der Waals surface area contributed by atoms with Gasteiger partial charge in [-0.15, -0.1) is 0 Å². The number of carbonyl (C=O) groups excluding carboxylic acids is 1. The van der Waals surface area contributed by atoms with Gasteiger partial charge in [0.25, 0.3) is 0 Å². The van der Waals surface area contributed by atoms with Crippen molar-refractivity contribution in [2.24, 2.45) is 0 Å². The van der Waals surface area contributed by atoms with Crippen molar-refractivity contribution >= 4 is 12.0 Å². The molecule has 3 aliphatic rings. The topological polar surface area (TPSA) is 275 Å². The van der Waals surface area contributed by atoms with Crippen LogP contribution in [0.2, 0.25) is 0 Å². The first-order valence-corrected chi connectivity index (χ1v) is 13.3. The van der Waals surface area contributed by atoms with E-state index in [-0.39, 0.29) is 5.75 Å². The summed E-state index contributed by atoms with van der Waals surface area (Å²) in [6.07, 6.45) is -17.5. The average Bonchev–Trinajstić information content (AvgIpc) is 3.27. The minimum Gasteiger partial charge on any atom is -0.504 e. The molecule has 1 aromatic rings. The van der Waals surface area contributed by atoms with E-state index in [1.54, 1.807) is 0 Å². The molecule has 10 N–H and O–H groups in total. The molecule has 242 valence electrons. The second-order valence-electron chi connectivity index (χ2n) is 10.5. The number of ether oxygens (including phenoxy) is 6. The van der Waals surface area contributed by atoms with Crippen molar-refractivity contribution in [2.75, 3.05) is 19.8 Å². The third-order valence-electron chi connectivity index (χ3n) is 7.40. The number of benzene rings is 1. The quantitative estimate of drug-likeness (QED) is 0.0711. The van der Waals surface area contributed by atoms with E-state index in [0.29, 0.717) is 5.56 Å². The summed E-state index contributed by atoms with van der Waals surface area (Å²) in [7, 11) is 0. The lowest BCUT2D eigenvalue weighted by atomic mass is 9.97. The summed E-state index contributed by atoms with van der Waals surface area (Å²) >= 11 is 0. The number of phenolic OH excluding ortho intramolecular Hbond substituents is 2. The minimum atomic E-state index is -2.02. The zero-order chi connectivity index (χ0) is 31.6. The summed E-state index contributed by atoms with van der Waals surface area (Å²) in [6.45, 7) is -0.547. The van der Waals surface area contributed by atoms with Gasteiger partial charge < -0.3 is 79.5 Å². The second kappa shape index (κ2) is 13.7. The first-order valence-electron chi connectivity index (χ1n) is 13.3. The molecular weight excluding hydrogens is 584 g/mol. The molecule has 17 nitrogen and oxygen atoms in total. The summed E-state index contributed by atoms with van der Waals surface area (Å²) in [6, 6.07) is 3.73. The number of aromatic hydroxyl groups is 2. The van der Waals surface area contributed by atoms with E-state index in [9.17, 15) is 55.9 Å². The van der Waals surface area contributed by atoms with Crippen molar-refractivity contribution in [2.45, 2.75) is 86.3 Å². The molecule has 4 rings (SSSR count). The van der Waals surface area contributed by atoms with Gasteiger partial charge in [-0.05, 0) is 30.7 Å². The van der Waals surface area contributed by atoms with Crippen LogP contribution in [-0.4, -0.2) is 156 Å². The van der Waals surface area contributed by atoms with Gasteiger partial charge in [0.1, 0.15) is 48.3 Å². The van der Waals surface area contributed by atoms with Crippen molar-refractivity contribution in [3.8, 4) is 11.5 Å². The number of esters is 1. The maximum absolute atomic E-state index is 12.9. The van der Waals surface area contributed by atoms with E-state index in [2.05, 4.69) is 0 Å². The van der Waals surface area contributed by atoms with Crippen LogP contribution >= 0.6 is 0 Å². The Hall–Kier alpha value is -2.49. The lowest BCUT2D eigenvalue weighted by molar-refractivity contribution is -0.355. The minimum absolute atomic E-state index is 0.291. The zero-order valence-electron chi connectivity index (χ0n) is 22.8. The summed E-state index contributed by atoms with van der Waals surface area (Å²) in [5.41, 5.74) is -1.73. The summed E-state index contributed by atoms with van der Waals surface area (Å²) < 4.78 is 32.6. The number of hydrogen-bond donors (Lipinski definition) is 10. The molecule has 0 saturated carbocycles. The number of rotatable bonds is 9. The Bertz CT molecular complexity index is 1130. The molecular formula is C26H36O17. The number of aliphatic hydroxyl groups is 8. The van der Waals surface area contributed by atoms with Gasteiger partial charge in [0.2, 0.25) is 0 Å². The zero-order valence-corrected chi connectivity index (χ0v) is 22.8. The van der Waals surface area contributed by atoms with Crippen molar-refractivity contribution in [3.63, 3.8) is 0 Å². The standard InChI is InChI=1S/C26H36O17/c1-10-16(31)17(32)18(33)24(40-10)43-21-19(34)23(36)41-14(7-38-25-22(35)26(37,8-27)9-39-25)20(21)42-15(30)5-3-11-2-4-12(28)13(29)6-11/h2-6,10,14,16-25,27-29,31-37H,7-9H2,1H3/b5-3+/t10-,14+,16-,17+,18+,19+,20+,21+,22-,23+,24-,25+,26+/m0/s1. The molecule has 0 amide bonds. The van der Waals surface area contributed by atoms with Crippen LogP contribution < -0.4 is 0 Å². The fraction of sp³-hybridized carbons (Fsp3) is 0.654. The van der Waals surface area contributed by atoms with Gasteiger partial charge in [0.15, 0.2) is 36.5 Å². The third kappa shape index (κ3) is 7.26. The average molecular weight is 621 g/mol. The molecule has 0 aliphatic carbocycles. The molecule has 3 saturated heterocycles. The molecule has 3 aliphatic heterocycles. The molecule has 17 heteroatoms. The normalized spacial score (nSPS) is 41.9. The summed E-state index contributed by atoms with van der Waals surface area (Å²) in [5, 5.41) is 101. The number of aliphatic hydroxyl groups excluding tert-OH is 7. The maximum atomic E-state index is 12.9. The highest BCUT2D eigenvalue weighted by atomic mass is 16.7. The van der Waals surface area contributed by atoms with E-state index in [1.165, 1.54) is 25.1 Å². The van der Waals surface area contributed by atoms with E-state index in [4.69, 9.17) is 28.4 Å². The van der Waals surface area contributed by atoms with Crippen molar-refractivity contribution in [3.05, 3.63) is 29.8 Å². The van der Waals surface area contributed by atoms with Gasteiger partial charge >= 0.3 is 5.97 Å². The summed E-state index contributed by atoms with van der Waals surface area (Å²) in [4.78, 5) is 12.9. The molecule has 0 unspecified atom stereocenters. The lowest BCUT2D eigenvalue weighted by Gasteiger charge is -2.46. The van der Waals surface area contributed by atoms with E-state index in [0.717, 1.165) is 12.1 Å². The van der Waals surface area contributed by atoms with Gasteiger partial charge in [-0.1, -0.05) is 6.07 Å². The van der Waals surface area contributed by atoms with Crippen molar-refractivity contribution in [1.82, 2.24) is 0 Å². The largest absolute Gasteiger partial charge is 0.504 e. The Kier molecular flexibility index (Phi) is 10.6. The Morgan fingerprint density at radius 1 is 0.977 bits per heavy atom. The van der Waals surface area contributed by atoms with Crippen LogP contribution in [-0.2, 0) is 33.2 Å². The molecule has 3 fully saturated rings. The van der Waals surface area contributed by atoms with Crippen LogP contribution in [0.3, 0.4) is 0 Å². The Balaban J connectivity index is 1.56. The van der Waals surface area contributed by atoms with E-state index < -0.39 is 111 Å². The highest BCUT2D eigenvalue weighted by Gasteiger charge is 2.53. The van der Waals surface area contributed by atoms with Gasteiger partial charge in [-0.3, -0.25) is 0 Å². The molecule has 43 heavy (non-hydrogen) atoms. The fourth-order valence-electron chi connectivity index (χ4n) is 4.73. The van der Waals surface area contributed by atoms with E-state index in [1.807, 2.05) is 0 Å². The first kappa shape index (κ1) is 33.4. The second-order valence-corrected chi connectivity index (χ2v) is 10.5. The number of carbonyl (C=O) groups is 1. The Morgan fingerprint density at radius 3 is 2.35 bits per heavy atom. The molecule has 13 atom stereocenters. The van der Waals surface area contributed by atoms with Gasteiger partial charge in [0.05, 0.1) is 25.9 Å². The molecule has 0 radical (unpaired) electrons. The predicted octanol–water partition coefficient (Wildman–Crippen LogP) is -4.23. The first-order chi connectivity index (χ1) is 20.2. The third-order valence-corrected chi connectivity index (χ3v) is 7.40. The molecule has 3 heterocycles. The van der Waals surface area contributed by atoms with Crippen LogP contribution in [0.15, 0.2) is 24.3 Å². The highest BCUT2D eigenvalue weighted by molar-refractivity contribution is 5.87. The summed E-state index contributed by atoms with van der Waals surface area (Å²) in [5.74, 6) is -1.89.